The van der Waals surface area contributed by atoms with E-state index in [0.717, 1.165) is 31.5 Å². The lowest BCUT2D eigenvalue weighted by atomic mass is 9.85. The zero-order chi connectivity index (χ0) is 17.0. The molecule has 1 saturated heterocycles. The Balaban J connectivity index is 0.00000225. The van der Waals surface area contributed by atoms with Gasteiger partial charge in [-0.25, -0.2) is 0 Å². The molecule has 2 atom stereocenters. The van der Waals surface area contributed by atoms with Crippen LogP contribution >= 0.6 is 12.4 Å². The van der Waals surface area contributed by atoms with Gasteiger partial charge in [-0.05, 0) is 57.6 Å². The first kappa shape index (κ1) is 20.0. The molecule has 0 amide bonds. The Labute approximate surface area is 157 Å². The van der Waals surface area contributed by atoms with E-state index in [-0.39, 0.29) is 35.8 Å². The molecule has 2 aliphatic rings. The number of ether oxygens (including phenoxy) is 1. The Bertz CT molecular complexity index is 585. The Morgan fingerprint density at radius 1 is 1.32 bits per heavy atom. The van der Waals surface area contributed by atoms with Gasteiger partial charge in [-0.15, -0.1) is 12.4 Å². The normalized spacial score (nSPS) is 23.2. The van der Waals surface area contributed by atoms with Crippen LogP contribution in [0.1, 0.15) is 51.0 Å². The fourth-order valence-electron chi connectivity index (χ4n) is 4.08. The molecule has 0 saturated carbocycles. The number of nitrogens with zero attached hydrogens (tertiary/aromatic N) is 1. The van der Waals surface area contributed by atoms with Crippen LogP contribution in [0.2, 0.25) is 0 Å². The van der Waals surface area contributed by atoms with Gasteiger partial charge in [-0.3, -0.25) is 9.69 Å². The molecule has 0 aromatic heterocycles. The largest absolute Gasteiger partial charge is 0.464 e. The highest BCUT2D eigenvalue weighted by Gasteiger charge is 2.33. The van der Waals surface area contributed by atoms with E-state index in [1.807, 2.05) is 30.3 Å². The summed E-state index contributed by atoms with van der Waals surface area (Å²) in [6, 6.07) is 10.1. The molecule has 0 radical (unpaired) electrons. The summed E-state index contributed by atoms with van der Waals surface area (Å²) >= 11 is 0. The molecule has 138 valence electrons. The highest BCUT2D eigenvalue weighted by atomic mass is 35.5. The molecule has 0 bridgehead atoms. The van der Waals surface area contributed by atoms with Gasteiger partial charge in [0.2, 0.25) is 0 Å². The third kappa shape index (κ3) is 4.86. The summed E-state index contributed by atoms with van der Waals surface area (Å²) in [5.41, 5.74) is 1.31. The second kappa shape index (κ2) is 8.86. The van der Waals surface area contributed by atoms with Crippen LogP contribution in [-0.4, -0.2) is 36.1 Å². The minimum atomic E-state index is -0.170. The number of halogens is 1. The molecule has 25 heavy (non-hydrogen) atoms. The van der Waals surface area contributed by atoms with Crippen LogP contribution in [0.25, 0.3) is 0 Å². The first-order valence-electron chi connectivity index (χ1n) is 9.21. The Kier molecular flexibility index (Phi) is 7.09. The summed E-state index contributed by atoms with van der Waals surface area (Å²) in [4.78, 5) is 15.2. The van der Waals surface area contributed by atoms with E-state index in [1.165, 1.54) is 12.8 Å². The fourth-order valence-corrected chi connectivity index (χ4v) is 4.08. The van der Waals surface area contributed by atoms with Crippen LogP contribution in [0.4, 0.5) is 0 Å². The topological polar surface area (TPSA) is 29.5 Å². The molecule has 1 aromatic carbocycles. The molecule has 0 N–H and O–H groups in total. The molecule has 1 aliphatic heterocycles. The molecule has 0 spiro atoms. The summed E-state index contributed by atoms with van der Waals surface area (Å²) in [5.74, 6) is 0.0226. The highest BCUT2D eigenvalue weighted by molar-refractivity contribution is 5.85. The van der Waals surface area contributed by atoms with E-state index in [0.29, 0.717) is 6.61 Å². The van der Waals surface area contributed by atoms with Crippen molar-refractivity contribution in [3.8, 4) is 0 Å². The van der Waals surface area contributed by atoms with Gasteiger partial charge >= 0.3 is 5.97 Å². The van der Waals surface area contributed by atoms with Crippen LogP contribution in [0.3, 0.4) is 0 Å². The van der Waals surface area contributed by atoms with E-state index in [9.17, 15) is 4.79 Å². The van der Waals surface area contributed by atoms with Crippen molar-refractivity contribution >= 4 is 18.4 Å². The van der Waals surface area contributed by atoms with Crippen LogP contribution in [-0.2, 0) is 9.53 Å². The van der Waals surface area contributed by atoms with Gasteiger partial charge < -0.3 is 4.74 Å². The molecule has 1 aromatic rings. The zero-order valence-corrected chi connectivity index (χ0v) is 16.1. The number of carbonyl (C=O) groups excluding carboxylic acids is 1. The van der Waals surface area contributed by atoms with Crippen LogP contribution in [0, 0.1) is 5.92 Å². The maximum atomic E-state index is 12.8. The predicted molar refractivity (Wildman–Crippen MR) is 104 cm³/mol. The molecular formula is C21H30ClNO2. The number of esters is 1. The summed E-state index contributed by atoms with van der Waals surface area (Å²) in [6.07, 6.45) is 8.92. The summed E-state index contributed by atoms with van der Waals surface area (Å²) in [5, 5.41) is 0. The second-order valence-corrected chi connectivity index (χ2v) is 7.63. The number of carbonyl (C=O) groups is 1. The summed E-state index contributed by atoms with van der Waals surface area (Å²) in [6.45, 7) is 6.98. The number of benzene rings is 1. The Morgan fingerprint density at radius 2 is 2.08 bits per heavy atom. The van der Waals surface area contributed by atoms with Crippen molar-refractivity contribution in [1.29, 1.82) is 0 Å². The molecule has 1 fully saturated rings. The standard InChI is InChI=1S/C21H29NO2.ClH/c1-21(2)13-8-14-22(21)15-16-24-20(23)19(18-11-6-7-12-18)17-9-4-3-5-10-17;/h3-6,9-11,18-19H,7-8,12-16H2,1-2H3;1H. The number of hydrogen-bond donors (Lipinski definition) is 0. The number of rotatable bonds is 6. The molecule has 3 rings (SSSR count). The Morgan fingerprint density at radius 3 is 2.68 bits per heavy atom. The van der Waals surface area contributed by atoms with Gasteiger partial charge in [-0.2, -0.15) is 0 Å². The van der Waals surface area contributed by atoms with Gasteiger partial charge in [0.05, 0.1) is 5.92 Å². The average Bonchev–Trinajstić information content (AvgIpc) is 3.19. The average molecular weight is 364 g/mol. The van der Waals surface area contributed by atoms with Gasteiger partial charge in [0.25, 0.3) is 0 Å². The maximum absolute atomic E-state index is 12.8. The lowest BCUT2D eigenvalue weighted by Gasteiger charge is -2.31. The lowest BCUT2D eigenvalue weighted by Crippen LogP contribution is -2.40. The molecule has 1 heterocycles. The van der Waals surface area contributed by atoms with Crippen molar-refractivity contribution in [3.05, 3.63) is 48.0 Å². The van der Waals surface area contributed by atoms with E-state index in [1.54, 1.807) is 0 Å². The van der Waals surface area contributed by atoms with Gasteiger partial charge in [0.15, 0.2) is 0 Å². The smallest absolute Gasteiger partial charge is 0.314 e. The molecular weight excluding hydrogens is 334 g/mol. The molecule has 2 unspecified atom stereocenters. The lowest BCUT2D eigenvalue weighted by molar-refractivity contribution is -0.147. The van der Waals surface area contributed by atoms with Crippen molar-refractivity contribution < 1.29 is 9.53 Å². The number of likely N-dealkylation sites (tertiary alicyclic amines) is 1. The third-order valence-electron chi connectivity index (χ3n) is 5.57. The highest BCUT2D eigenvalue weighted by Crippen LogP contribution is 2.34. The zero-order valence-electron chi connectivity index (χ0n) is 15.3. The summed E-state index contributed by atoms with van der Waals surface area (Å²) < 4.78 is 5.71. The molecule has 3 nitrogen and oxygen atoms in total. The van der Waals surface area contributed by atoms with Crippen molar-refractivity contribution in [2.45, 2.75) is 51.0 Å². The maximum Gasteiger partial charge on any atom is 0.314 e. The van der Waals surface area contributed by atoms with E-state index in [4.69, 9.17) is 4.74 Å². The van der Waals surface area contributed by atoms with E-state index in [2.05, 4.69) is 30.9 Å². The summed E-state index contributed by atoms with van der Waals surface area (Å²) in [7, 11) is 0. The SMILES string of the molecule is CC1(C)CCCN1CCOC(=O)C(c1ccccc1)C1C=CCC1.Cl. The van der Waals surface area contributed by atoms with Crippen molar-refractivity contribution in [1.82, 2.24) is 4.90 Å². The fraction of sp³-hybridized carbons (Fsp3) is 0.571. The van der Waals surface area contributed by atoms with Crippen LogP contribution in [0.15, 0.2) is 42.5 Å². The van der Waals surface area contributed by atoms with Crippen molar-refractivity contribution in [2.24, 2.45) is 5.92 Å². The molecule has 1 aliphatic carbocycles. The van der Waals surface area contributed by atoms with Crippen LogP contribution in [0.5, 0.6) is 0 Å². The predicted octanol–water partition coefficient (Wildman–Crippen LogP) is 4.58. The van der Waals surface area contributed by atoms with Gasteiger partial charge in [-0.1, -0.05) is 42.5 Å². The minimum absolute atomic E-state index is 0. The van der Waals surface area contributed by atoms with E-state index < -0.39 is 0 Å². The third-order valence-corrected chi connectivity index (χ3v) is 5.57. The van der Waals surface area contributed by atoms with Gasteiger partial charge in [0, 0.05) is 12.1 Å². The molecule has 4 heteroatoms. The minimum Gasteiger partial charge on any atom is -0.464 e. The first-order valence-corrected chi connectivity index (χ1v) is 9.21. The quantitative estimate of drug-likeness (QED) is 0.547. The van der Waals surface area contributed by atoms with Crippen LogP contribution < -0.4 is 0 Å². The first-order chi connectivity index (χ1) is 11.6. The van der Waals surface area contributed by atoms with Gasteiger partial charge in [0.1, 0.15) is 6.61 Å². The Hall–Kier alpha value is -1.32. The number of hydrogen-bond acceptors (Lipinski definition) is 3. The van der Waals surface area contributed by atoms with E-state index >= 15 is 0 Å². The monoisotopic (exact) mass is 363 g/mol. The second-order valence-electron chi connectivity index (χ2n) is 7.63. The van der Waals surface area contributed by atoms with Crippen molar-refractivity contribution in [2.75, 3.05) is 19.7 Å². The number of allylic oxidation sites excluding steroid dienone is 2. The van der Waals surface area contributed by atoms with Crippen molar-refractivity contribution in [3.63, 3.8) is 0 Å².